The summed E-state index contributed by atoms with van der Waals surface area (Å²) in [4.78, 5) is 16.4. The summed E-state index contributed by atoms with van der Waals surface area (Å²) < 4.78 is 47.3. The third kappa shape index (κ3) is 6.85. The quantitative estimate of drug-likeness (QED) is 0.256. The molecule has 1 aliphatic rings. The normalized spacial score (nSPS) is 19.3. The van der Waals surface area contributed by atoms with E-state index < -0.39 is 29.6 Å². The monoisotopic (exact) mass is 516 g/mol. The van der Waals surface area contributed by atoms with Crippen molar-refractivity contribution >= 4 is 29.2 Å². The number of aliphatic imine (C=N–C) groups is 1. The van der Waals surface area contributed by atoms with Crippen molar-refractivity contribution in [2.24, 2.45) is 10.7 Å². The van der Waals surface area contributed by atoms with Crippen LogP contribution in [-0.4, -0.2) is 23.2 Å². The van der Waals surface area contributed by atoms with Gasteiger partial charge in [-0.15, -0.1) is 0 Å². The molecule has 196 valence electrons. The maximum atomic E-state index is 13.5. The fourth-order valence-corrected chi connectivity index (χ4v) is 4.15. The number of benzene rings is 2. The van der Waals surface area contributed by atoms with E-state index in [-0.39, 0.29) is 29.3 Å². The summed E-state index contributed by atoms with van der Waals surface area (Å²) in [5, 5.41) is 21.3. The van der Waals surface area contributed by atoms with Gasteiger partial charge in [0.15, 0.2) is 6.04 Å². The van der Waals surface area contributed by atoms with Gasteiger partial charge in [-0.3, -0.25) is 14.8 Å². The lowest BCUT2D eigenvalue weighted by atomic mass is 9.92. The van der Waals surface area contributed by atoms with Crippen LogP contribution in [0.5, 0.6) is 0 Å². The predicted octanol–water partition coefficient (Wildman–Crippen LogP) is 4.26. The zero-order chi connectivity index (χ0) is 26.6. The van der Waals surface area contributed by atoms with Crippen molar-refractivity contribution in [1.82, 2.24) is 5.27 Å². The second kappa shape index (κ2) is 11.0. The van der Waals surface area contributed by atoms with Gasteiger partial charge in [-0.25, -0.2) is 4.79 Å². The first-order chi connectivity index (χ1) is 17.6. The highest BCUT2D eigenvalue weighted by molar-refractivity contribution is 5.99. The van der Waals surface area contributed by atoms with Gasteiger partial charge in [0.2, 0.25) is 5.27 Å². The van der Waals surface area contributed by atoms with Crippen molar-refractivity contribution in [3.63, 3.8) is 0 Å². The molecular formula is C25H27F3N6O3. The number of halogens is 3. The molecule has 0 saturated heterocycles. The van der Waals surface area contributed by atoms with Crippen molar-refractivity contribution in [1.29, 1.82) is 0 Å². The Morgan fingerprint density at radius 3 is 2.54 bits per heavy atom. The molecule has 4 N–H and O–H groups in total. The number of amides is 2. The van der Waals surface area contributed by atoms with E-state index in [0.29, 0.717) is 5.56 Å². The molecule has 0 radical (unpaired) electrons. The number of nitrogens with one attached hydrogen (secondary N) is 2. The molecule has 4 rings (SSSR count). The molecule has 3 aromatic rings. The number of anilines is 2. The van der Waals surface area contributed by atoms with Crippen LogP contribution in [0.25, 0.3) is 0 Å². The average Bonchev–Trinajstić information content (AvgIpc) is 3.32. The van der Waals surface area contributed by atoms with Crippen LogP contribution in [0.2, 0.25) is 0 Å². The van der Waals surface area contributed by atoms with E-state index in [1.807, 2.05) is 0 Å². The number of nitrogens with zero attached hydrogens (tertiary/aromatic N) is 3. The van der Waals surface area contributed by atoms with E-state index in [4.69, 9.17) is 10.3 Å². The van der Waals surface area contributed by atoms with E-state index >= 15 is 0 Å². The molecule has 0 bridgehead atoms. The topological polar surface area (TPSA) is 132 Å². The lowest BCUT2D eigenvalue weighted by Crippen LogP contribution is -2.44. The number of nitrogens with two attached hydrogens (primary N) is 1. The highest BCUT2D eigenvalue weighted by atomic mass is 19.4. The molecule has 0 unspecified atom stereocenters. The van der Waals surface area contributed by atoms with Gasteiger partial charge in [0.25, 0.3) is 6.20 Å². The van der Waals surface area contributed by atoms with Crippen LogP contribution in [0.4, 0.5) is 35.2 Å². The van der Waals surface area contributed by atoms with Gasteiger partial charge in [-0.1, -0.05) is 37.3 Å². The first-order valence-electron chi connectivity index (χ1n) is 11.8. The molecule has 37 heavy (non-hydrogen) atoms. The van der Waals surface area contributed by atoms with Crippen LogP contribution in [0.1, 0.15) is 55.7 Å². The second-order valence-electron chi connectivity index (χ2n) is 9.04. The van der Waals surface area contributed by atoms with Crippen LogP contribution < -0.4 is 26.2 Å². The van der Waals surface area contributed by atoms with E-state index in [0.717, 1.165) is 37.8 Å². The summed E-state index contributed by atoms with van der Waals surface area (Å²) in [6.07, 6.45) is 0.139. The Morgan fingerprint density at radius 1 is 1.16 bits per heavy atom. The van der Waals surface area contributed by atoms with Crippen LogP contribution in [0.15, 0.2) is 64.2 Å². The van der Waals surface area contributed by atoms with Gasteiger partial charge < -0.3 is 16.2 Å². The van der Waals surface area contributed by atoms with E-state index in [2.05, 4.69) is 20.9 Å². The summed E-state index contributed by atoms with van der Waals surface area (Å²) in [6.45, 7) is 1.62. The highest BCUT2D eigenvalue weighted by Gasteiger charge is 2.32. The number of hydrogen-bond donors (Lipinski definition) is 3. The second-order valence-corrected chi connectivity index (χ2v) is 9.04. The molecule has 1 aromatic heterocycles. The maximum Gasteiger partial charge on any atom is 0.416 e. The molecule has 1 saturated carbocycles. The van der Waals surface area contributed by atoms with Gasteiger partial charge in [-0.05, 0) is 47.2 Å². The van der Waals surface area contributed by atoms with Crippen molar-refractivity contribution in [2.45, 2.75) is 56.8 Å². The number of hydrogen-bond acceptors (Lipinski definition) is 6. The minimum atomic E-state index is -4.72. The average molecular weight is 517 g/mol. The Labute approximate surface area is 211 Å². The highest BCUT2D eigenvalue weighted by Crippen LogP contribution is 2.35. The van der Waals surface area contributed by atoms with Crippen LogP contribution >= 0.6 is 0 Å². The molecule has 9 nitrogen and oxygen atoms in total. The minimum absolute atomic E-state index is 0.0242. The maximum absolute atomic E-state index is 13.5. The molecule has 1 heterocycles. The third-order valence-electron chi connectivity index (χ3n) is 6.25. The Hall–Kier alpha value is -3.93. The number of urea groups is 1. The Balaban J connectivity index is 1.49. The van der Waals surface area contributed by atoms with Crippen molar-refractivity contribution in [3.05, 3.63) is 65.9 Å². The molecule has 2 aromatic carbocycles. The summed E-state index contributed by atoms with van der Waals surface area (Å²) in [7, 11) is 0. The Kier molecular flexibility index (Phi) is 7.77. The molecule has 0 aliphatic heterocycles. The fourth-order valence-electron chi connectivity index (χ4n) is 4.15. The Morgan fingerprint density at radius 2 is 1.86 bits per heavy atom. The first kappa shape index (κ1) is 26.1. The smallest absolute Gasteiger partial charge is 0.416 e. The van der Waals surface area contributed by atoms with E-state index in [9.17, 15) is 23.1 Å². The summed E-state index contributed by atoms with van der Waals surface area (Å²) >= 11 is 0. The predicted molar refractivity (Wildman–Crippen MR) is 128 cm³/mol. The third-order valence-corrected chi connectivity index (χ3v) is 6.25. The molecular weight excluding hydrogens is 489 g/mol. The van der Waals surface area contributed by atoms with Crippen molar-refractivity contribution < 1.29 is 32.3 Å². The molecule has 2 amide bonds. The number of carbonyl (C=O) groups is 1. The zero-order valence-corrected chi connectivity index (χ0v) is 20.0. The number of carbonyl (C=O) groups excluding carboxylic acids is 1. The zero-order valence-electron chi connectivity index (χ0n) is 20.0. The van der Waals surface area contributed by atoms with Crippen LogP contribution in [0.3, 0.4) is 0 Å². The van der Waals surface area contributed by atoms with Crippen LogP contribution in [0, 0.1) is 0 Å². The molecule has 1 fully saturated rings. The van der Waals surface area contributed by atoms with Gasteiger partial charge in [0.1, 0.15) is 0 Å². The van der Waals surface area contributed by atoms with E-state index in [1.165, 1.54) is 12.3 Å². The standard InChI is InChI=1S/C25H27F3N6O3/c1-15(16-5-3-2-4-6-16)23(35)30-19-11-17(25(26,27)28)12-20(13-19)31-24(36)32-22-14-34(33-37-22)21-9-7-18(29)8-10-21/h2-6,11-15,18,21H,7-10,29H2,1H3,(H2-,30,31,32,33,35,36)/t15-,18?,21?/m0/s1. The lowest BCUT2D eigenvalue weighted by Gasteiger charge is -2.20. The van der Waals surface area contributed by atoms with Gasteiger partial charge in [0.05, 0.1) is 11.3 Å². The van der Waals surface area contributed by atoms with Gasteiger partial charge in [0, 0.05) is 30.5 Å². The van der Waals surface area contributed by atoms with Crippen molar-refractivity contribution in [3.8, 4) is 0 Å². The summed E-state index contributed by atoms with van der Waals surface area (Å²) in [5.41, 5.74) is 5.12. The lowest BCUT2D eigenvalue weighted by molar-refractivity contribution is -0.787. The number of aromatic nitrogens is 2. The fraction of sp³-hybridized carbons (Fsp3) is 0.360. The molecule has 1 aliphatic carbocycles. The molecule has 0 spiro atoms. The minimum Gasteiger partial charge on any atom is -0.861 e. The van der Waals surface area contributed by atoms with Crippen LogP contribution in [-0.2, 0) is 6.18 Å². The van der Waals surface area contributed by atoms with Gasteiger partial charge in [-0.2, -0.15) is 13.2 Å². The molecule has 1 atom stereocenters. The summed E-state index contributed by atoms with van der Waals surface area (Å²) in [6, 6.07) is 10.9. The SMILES string of the molecule is C[C@H](C([O-])=Nc1cc(NC(=O)Nc2c[n+](C3CCC(N)CC3)no2)cc(C(F)(F)F)c1)c1ccccc1. The number of rotatable bonds is 6. The molecule has 12 heteroatoms. The largest absolute Gasteiger partial charge is 0.861 e. The first-order valence-corrected chi connectivity index (χ1v) is 11.8. The Bertz CT molecular complexity index is 1250. The van der Waals surface area contributed by atoms with E-state index in [1.54, 1.807) is 41.9 Å². The van der Waals surface area contributed by atoms with Gasteiger partial charge >= 0.3 is 18.1 Å². The summed E-state index contributed by atoms with van der Waals surface area (Å²) in [5.74, 6) is -1.25. The van der Waals surface area contributed by atoms with Crippen molar-refractivity contribution in [2.75, 3.05) is 10.6 Å². The number of alkyl halides is 3.